The fourth-order valence-electron chi connectivity index (χ4n) is 4.03. The molecule has 0 bridgehead atoms. The Hall–Kier alpha value is -3.83. The maximum atomic E-state index is 13.5. The molecule has 1 unspecified atom stereocenters. The van der Waals surface area contributed by atoms with Crippen molar-refractivity contribution in [3.63, 3.8) is 0 Å². The summed E-state index contributed by atoms with van der Waals surface area (Å²) in [4.78, 5) is 31.8. The first kappa shape index (κ1) is 27.2. The second-order valence-electron chi connectivity index (χ2n) is 8.73. The molecule has 4 rings (SSSR count). The Kier molecular flexibility index (Phi) is 8.38. The number of nitrogens with zero attached hydrogens (tertiary/aromatic N) is 2. The number of ketones is 1. The van der Waals surface area contributed by atoms with Crippen LogP contribution in [0.15, 0.2) is 60.8 Å². The molecule has 2 heterocycles. The van der Waals surface area contributed by atoms with Gasteiger partial charge in [0.1, 0.15) is 5.82 Å². The van der Waals surface area contributed by atoms with E-state index in [0.717, 1.165) is 6.07 Å². The summed E-state index contributed by atoms with van der Waals surface area (Å²) in [7, 11) is 0. The molecule has 1 aliphatic heterocycles. The number of anilines is 1. The highest BCUT2D eigenvalue weighted by atomic mass is 19.4. The molecule has 0 saturated carbocycles. The number of carbonyl (C=O) groups excluding carboxylic acids is 2. The number of hydrogen-bond acceptors (Lipinski definition) is 6. The quantitative estimate of drug-likeness (QED) is 0.330. The standard InChI is InChI=1S/C27H25F4N3O4/c1-17(34-9-11-37-12-10-34)26(36)33-23-13-18(5-8-25(23)38-27(29,30)31)14-24(35)20-6-7-22(32-16-20)19-3-2-4-21(28)15-19/h2-8,13,15-17H,9-12,14H2,1H3,(H,33,36). The number of morpholine rings is 1. The third-order valence-corrected chi connectivity index (χ3v) is 6.07. The zero-order chi connectivity index (χ0) is 27.3. The van der Waals surface area contributed by atoms with E-state index in [1.807, 2.05) is 4.90 Å². The van der Waals surface area contributed by atoms with Crippen LogP contribution in [0.25, 0.3) is 11.3 Å². The number of alkyl halides is 3. The normalized spacial score (nSPS) is 15.1. The minimum atomic E-state index is -4.97. The Balaban J connectivity index is 1.50. The summed E-state index contributed by atoms with van der Waals surface area (Å²) in [6, 6.07) is 12.1. The third-order valence-electron chi connectivity index (χ3n) is 6.07. The van der Waals surface area contributed by atoms with Crippen molar-refractivity contribution in [2.24, 2.45) is 0 Å². The molecule has 1 saturated heterocycles. The minimum absolute atomic E-state index is 0.158. The van der Waals surface area contributed by atoms with Crippen LogP contribution in [0.2, 0.25) is 0 Å². The number of amides is 1. The van der Waals surface area contributed by atoms with Gasteiger partial charge in [-0.1, -0.05) is 18.2 Å². The predicted molar refractivity (Wildman–Crippen MR) is 131 cm³/mol. The molecular weight excluding hydrogens is 506 g/mol. The van der Waals surface area contributed by atoms with E-state index in [2.05, 4.69) is 15.0 Å². The summed E-state index contributed by atoms with van der Waals surface area (Å²) in [6.45, 7) is 3.59. The summed E-state index contributed by atoms with van der Waals surface area (Å²) < 4.78 is 61.8. The van der Waals surface area contributed by atoms with Crippen molar-refractivity contribution >= 4 is 17.4 Å². The molecule has 0 aliphatic carbocycles. The van der Waals surface area contributed by atoms with Gasteiger partial charge in [-0.2, -0.15) is 0 Å². The van der Waals surface area contributed by atoms with Crippen LogP contribution in [0.5, 0.6) is 5.75 Å². The molecule has 200 valence electrons. The van der Waals surface area contributed by atoms with Gasteiger partial charge in [0.05, 0.1) is 30.6 Å². The lowest BCUT2D eigenvalue weighted by Gasteiger charge is -2.31. The van der Waals surface area contributed by atoms with Crippen LogP contribution in [0, 0.1) is 5.82 Å². The summed E-state index contributed by atoms with van der Waals surface area (Å²) in [5.41, 5.74) is 1.47. The molecule has 1 aliphatic rings. The number of halogens is 4. The highest BCUT2D eigenvalue weighted by Gasteiger charge is 2.33. The number of ether oxygens (including phenoxy) is 2. The Morgan fingerprint density at radius 3 is 2.53 bits per heavy atom. The Morgan fingerprint density at radius 2 is 1.87 bits per heavy atom. The van der Waals surface area contributed by atoms with E-state index in [4.69, 9.17) is 4.74 Å². The van der Waals surface area contributed by atoms with Crippen molar-refractivity contribution in [3.8, 4) is 17.0 Å². The van der Waals surface area contributed by atoms with Gasteiger partial charge in [0, 0.05) is 36.8 Å². The van der Waals surface area contributed by atoms with E-state index in [-0.39, 0.29) is 23.5 Å². The first-order valence-corrected chi connectivity index (χ1v) is 11.9. The highest BCUT2D eigenvalue weighted by molar-refractivity contribution is 5.98. The average Bonchev–Trinajstić information content (AvgIpc) is 2.89. The van der Waals surface area contributed by atoms with E-state index in [1.165, 1.54) is 30.5 Å². The zero-order valence-electron chi connectivity index (χ0n) is 20.4. The first-order valence-electron chi connectivity index (χ1n) is 11.9. The summed E-state index contributed by atoms with van der Waals surface area (Å²) in [5, 5.41) is 2.51. The Labute approximate surface area is 216 Å². The fourth-order valence-corrected chi connectivity index (χ4v) is 4.03. The second-order valence-corrected chi connectivity index (χ2v) is 8.73. The Morgan fingerprint density at radius 1 is 1.11 bits per heavy atom. The number of benzene rings is 2. The number of nitrogens with one attached hydrogen (secondary N) is 1. The average molecular weight is 532 g/mol. The maximum absolute atomic E-state index is 13.5. The number of hydrogen-bond donors (Lipinski definition) is 1. The number of rotatable bonds is 8. The van der Waals surface area contributed by atoms with E-state index < -0.39 is 29.9 Å². The van der Waals surface area contributed by atoms with Crippen molar-refractivity contribution in [2.75, 3.05) is 31.6 Å². The van der Waals surface area contributed by atoms with Gasteiger partial charge in [0.15, 0.2) is 11.5 Å². The molecule has 1 N–H and O–H groups in total. The van der Waals surface area contributed by atoms with Crippen molar-refractivity contribution in [1.29, 1.82) is 0 Å². The van der Waals surface area contributed by atoms with Crippen LogP contribution < -0.4 is 10.1 Å². The van der Waals surface area contributed by atoms with Gasteiger partial charge in [-0.05, 0) is 48.9 Å². The number of Topliss-reactive ketones (excluding diaryl/α,β-unsaturated/α-hetero) is 1. The molecule has 1 aromatic heterocycles. The largest absolute Gasteiger partial charge is 0.573 e. The summed E-state index contributed by atoms with van der Waals surface area (Å²) in [6.07, 6.45) is -3.77. The van der Waals surface area contributed by atoms with Gasteiger partial charge < -0.3 is 14.8 Å². The molecular formula is C27H25F4N3O4. The van der Waals surface area contributed by atoms with Crippen molar-refractivity contribution in [3.05, 3.63) is 77.7 Å². The molecule has 1 fully saturated rings. The first-order chi connectivity index (χ1) is 18.1. The molecule has 7 nitrogen and oxygen atoms in total. The zero-order valence-corrected chi connectivity index (χ0v) is 20.4. The highest BCUT2D eigenvalue weighted by Crippen LogP contribution is 2.32. The van der Waals surface area contributed by atoms with Gasteiger partial charge in [0.25, 0.3) is 0 Å². The molecule has 11 heteroatoms. The maximum Gasteiger partial charge on any atom is 0.573 e. The predicted octanol–water partition coefficient (Wildman–Crippen LogP) is 4.87. The second kappa shape index (κ2) is 11.7. The Bertz CT molecular complexity index is 1290. The van der Waals surface area contributed by atoms with Crippen molar-refractivity contribution < 1.29 is 36.6 Å². The molecule has 0 spiro atoms. The number of aromatic nitrogens is 1. The SMILES string of the molecule is CC(C(=O)Nc1cc(CC(=O)c2ccc(-c3cccc(F)c3)nc2)ccc1OC(F)(F)F)N1CCOCC1. The smallest absolute Gasteiger partial charge is 0.404 e. The minimum Gasteiger partial charge on any atom is -0.404 e. The molecule has 38 heavy (non-hydrogen) atoms. The molecule has 1 amide bonds. The van der Waals surface area contributed by atoms with Crippen molar-refractivity contribution in [2.45, 2.75) is 25.7 Å². The topological polar surface area (TPSA) is 80.8 Å². The van der Waals surface area contributed by atoms with E-state index >= 15 is 0 Å². The van der Waals surface area contributed by atoms with E-state index in [0.29, 0.717) is 43.1 Å². The van der Waals surface area contributed by atoms with Crippen LogP contribution in [-0.4, -0.2) is 60.3 Å². The lowest BCUT2D eigenvalue weighted by atomic mass is 10.0. The van der Waals surface area contributed by atoms with Crippen LogP contribution in [0.3, 0.4) is 0 Å². The number of carbonyl (C=O) groups is 2. The van der Waals surface area contributed by atoms with E-state index in [9.17, 15) is 27.2 Å². The van der Waals surface area contributed by atoms with Gasteiger partial charge in [0.2, 0.25) is 5.91 Å². The van der Waals surface area contributed by atoms with Crippen molar-refractivity contribution in [1.82, 2.24) is 9.88 Å². The fraction of sp³-hybridized carbons (Fsp3) is 0.296. The van der Waals surface area contributed by atoms with Crippen LogP contribution in [0.1, 0.15) is 22.8 Å². The molecule has 1 atom stereocenters. The van der Waals surface area contributed by atoms with Gasteiger partial charge in [-0.3, -0.25) is 19.5 Å². The van der Waals surface area contributed by atoms with E-state index in [1.54, 1.807) is 31.2 Å². The lowest BCUT2D eigenvalue weighted by molar-refractivity contribution is -0.274. The summed E-state index contributed by atoms with van der Waals surface area (Å²) in [5.74, 6) is -1.85. The van der Waals surface area contributed by atoms with Gasteiger partial charge in [-0.15, -0.1) is 13.2 Å². The molecule has 3 aromatic rings. The van der Waals surface area contributed by atoms with Crippen LogP contribution in [-0.2, 0) is 16.0 Å². The monoisotopic (exact) mass is 531 g/mol. The summed E-state index contributed by atoms with van der Waals surface area (Å²) >= 11 is 0. The lowest BCUT2D eigenvalue weighted by Crippen LogP contribution is -2.47. The van der Waals surface area contributed by atoms with Crippen LogP contribution in [0.4, 0.5) is 23.2 Å². The third kappa shape index (κ3) is 7.14. The number of pyridine rings is 1. The van der Waals surface area contributed by atoms with Gasteiger partial charge >= 0.3 is 6.36 Å². The molecule has 2 aromatic carbocycles. The molecule has 0 radical (unpaired) electrons. The van der Waals surface area contributed by atoms with Crippen LogP contribution >= 0.6 is 0 Å². The van der Waals surface area contributed by atoms with Gasteiger partial charge in [-0.25, -0.2) is 4.39 Å².